The molecular formula is C21H33N5O3. The lowest BCUT2D eigenvalue weighted by molar-refractivity contribution is -0.0838. The Balaban J connectivity index is 1.43. The summed E-state index contributed by atoms with van der Waals surface area (Å²) < 4.78 is 19.2. The third kappa shape index (κ3) is 3.98. The van der Waals surface area contributed by atoms with Crippen LogP contribution < -0.4 is 0 Å². The minimum atomic E-state index is -0.482. The summed E-state index contributed by atoms with van der Waals surface area (Å²) >= 11 is 0. The first-order valence-electron chi connectivity index (χ1n) is 10.8. The van der Waals surface area contributed by atoms with Crippen LogP contribution in [0.5, 0.6) is 0 Å². The SMILES string of the molecule is CCn1nc(C)c(CN2CCC(OC)(c3nc(C4CCOCC4)no3)CC2)c1C. The van der Waals surface area contributed by atoms with Crippen LogP contribution in [0, 0.1) is 13.8 Å². The van der Waals surface area contributed by atoms with Crippen molar-refractivity contribution in [2.45, 2.75) is 71.1 Å². The number of rotatable bonds is 6. The van der Waals surface area contributed by atoms with E-state index >= 15 is 0 Å². The van der Waals surface area contributed by atoms with Gasteiger partial charge < -0.3 is 14.0 Å². The highest BCUT2D eigenvalue weighted by atomic mass is 16.5. The van der Waals surface area contributed by atoms with Crippen LogP contribution in [0.15, 0.2) is 4.52 Å². The molecule has 4 rings (SSSR count). The van der Waals surface area contributed by atoms with Crippen molar-refractivity contribution in [3.8, 4) is 0 Å². The third-order valence-corrected chi connectivity index (χ3v) is 6.69. The second-order valence-electron chi connectivity index (χ2n) is 8.28. The van der Waals surface area contributed by atoms with Crippen molar-refractivity contribution in [3.05, 3.63) is 28.7 Å². The van der Waals surface area contributed by atoms with Crippen LogP contribution in [0.2, 0.25) is 0 Å². The van der Waals surface area contributed by atoms with E-state index in [2.05, 4.69) is 40.6 Å². The molecule has 4 heterocycles. The fourth-order valence-corrected chi connectivity index (χ4v) is 4.61. The molecule has 29 heavy (non-hydrogen) atoms. The van der Waals surface area contributed by atoms with E-state index in [1.54, 1.807) is 7.11 Å². The Morgan fingerprint density at radius 2 is 1.90 bits per heavy atom. The largest absolute Gasteiger partial charge is 0.381 e. The fraction of sp³-hybridized carbons (Fsp3) is 0.762. The zero-order valence-corrected chi connectivity index (χ0v) is 18.1. The molecule has 8 nitrogen and oxygen atoms in total. The van der Waals surface area contributed by atoms with E-state index < -0.39 is 5.60 Å². The highest BCUT2D eigenvalue weighted by Crippen LogP contribution is 2.37. The third-order valence-electron chi connectivity index (χ3n) is 6.69. The number of aryl methyl sites for hydroxylation is 2. The van der Waals surface area contributed by atoms with E-state index in [1.807, 2.05) is 0 Å². The quantitative estimate of drug-likeness (QED) is 0.734. The molecule has 2 aromatic rings. The summed E-state index contributed by atoms with van der Waals surface area (Å²) in [4.78, 5) is 7.24. The molecular weight excluding hydrogens is 370 g/mol. The number of hydrogen-bond donors (Lipinski definition) is 0. The van der Waals surface area contributed by atoms with Gasteiger partial charge >= 0.3 is 0 Å². The van der Waals surface area contributed by atoms with Crippen LogP contribution in [0.4, 0.5) is 0 Å². The Labute approximate surface area is 172 Å². The molecule has 0 aromatic carbocycles. The molecule has 2 aliphatic rings. The maximum Gasteiger partial charge on any atom is 0.258 e. The van der Waals surface area contributed by atoms with Gasteiger partial charge in [-0.15, -0.1) is 0 Å². The Hall–Kier alpha value is -1.77. The average Bonchev–Trinajstić information content (AvgIpc) is 3.36. The normalized spacial score (nSPS) is 21.0. The second-order valence-corrected chi connectivity index (χ2v) is 8.28. The molecule has 2 aromatic heterocycles. The van der Waals surface area contributed by atoms with Crippen molar-refractivity contribution in [3.63, 3.8) is 0 Å². The van der Waals surface area contributed by atoms with Gasteiger partial charge in [0, 0.05) is 63.7 Å². The van der Waals surface area contributed by atoms with Gasteiger partial charge in [-0.3, -0.25) is 9.58 Å². The number of aromatic nitrogens is 4. The monoisotopic (exact) mass is 403 g/mol. The molecule has 0 amide bonds. The Kier molecular flexibility index (Phi) is 6.03. The van der Waals surface area contributed by atoms with E-state index in [1.165, 1.54) is 11.3 Å². The fourth-order valence-electron chi connectivity index (χ4n) is 4.61. The lowest BCUT2D eigenvalue weighted by atomic mass is 9.90. The van der Waals surface area contributed by atoms with E-state index in [0.717, 1.165) is 76.6 Å². The smallest absolute Gasteiger partial charge is 0.258 e. The van der Waals surface area contributed by atoms with Crippen molar-refractivity contribution in [2.75, 3.05) is 33.4 Å². The molecule has 0 N–H and O–H groups in total. The molecule has 2 aliphatic heterocycles. The zero-order valence-electron chi connectivity index (χ0n) is 18.1. The lowest BCUT2D eigenvalue weighted by Gasteiger charge is -2.38. The van der Waals surface area contributed by atoms with Gasteiger partial charge in [-0.1, -0.05) is 5.16 Å². The van der Waals surface area contributed by atoms with Gasteiger partial charge in [-0.25, -0.2) is 0 Å². The Morgan fingerprint density at radius 3 is 2.52 bits per heavy atom. The molecule has 0 saturated carbocycles. The minimum Gasteiger partial charge on any atom is -0.381 e. The van der Waals surface area contributed by atoms with Gasteiger partial charge in [0.1, 0.15) is 5.60 Å². The maximum absolute atomic E-state index is 5.97. The number of likely N-dealkylation sites (tertiary alicyclic amines) is 1. The van der Waals surface area contributed by atoms with E-state index in [-0.39, 0.29) is 0 Å². The summed E-state index contributed by atoms with van der Waals surface area (Å²) in [5.74, 6) is 1.77. The van der Waals surface area contributed by atoms with Crippen LogP contribution in [0.25, 0.3) is 0 Å². The van der Waals surface area contributed by atoms with Gasteiger partial charge in [0.25, 0.3) is 5.89 Å². The van der Waals surface area contributed by atoms with Crippen LogP contribution in [-0.2, 0) is 28.2 Å². The molecule has 0 atom stereocenters. The van der Waals surface area contributed by atoms with Gasteiger partial charge in [-0.2, -0.15) is 10.1 Å². The average molecular weight is 404 g/mol. The highest BCUT2D eigenvalue weighted by Gasteiger charge is 2.42. The minimum absolute atomic E-state index is 0.330. The standard InChI is InChI=1S/C21H33N5O3/c1-5-26-16(3)18(15(2)23-26)14-25-10-8-21(27-4,9-11-25)20-22-19(24-29-20)17-6-12-28-13-7-17/h17H,5-14H2,1-4H3. The molecule has 8 heteroatoms. The molecule has 0 aliphatic carbocycles. The van der Waals surface area contributed by atoms with E-state index in [4.69, 9.17) is 19.0 Å². The van der Waals surface area contributed by atoms with Crippen molar-refractivity contribution in [1.29, 1.82) is 0 Å². The second kappa shape index (κ2) is 8.53. The summed E-state index contributed by atoms with van der Waals surface area (Å²) in [7, 11) is 1.76. The van der Waals surface area contributed by atoms with Gasteiger partial charge in [0.05, 0.1) is 5.69 Å². The molecule has 160 valence electrons. The lowest BCUT2D eigenvalue weighted by Crippen LogP contribution is -2.43. The molecule has 2 fully saturated rings. The van der Waals surface area contributed by atoms with E-state index in [0.29, 0.717) is 11.8 Å². The number of methoxy groups -OCH3 is 1. The van der Waals surface area contributed by atoms with Crippen LogP contribution in [0.1, 0.15) is 67.2 Å². The number of nitrogens with zero attached hydrogens (tertiary/aromatic N) is 5. The van der Waals surface area contributed by atoms with Crippen molar-refractivity contribution in [1.82, 2.24) is 24.8 Å². The van der Waals surface area contributed by atoms with Crippen LogP contribution in [0.3, 0.4) is 0 Å². The molecule has 0 radical (unpaired) electrons. The first kappa shape index (κ1) is 20.5. The van der Waals surface area contributed by atoms with Gasteiger partial charge in [0.2, 0.25) is 0 Å². The Morgan fingerprint density at radius 1 is 1.17 bits per heavy atom. The van der Waals surface area contributed by atoms with E-state index in [9.17, 15) is 0 Å². The number of ether oxygens (including phenoxy) is 2. The highest BCUT2D eigenvalue weighted by molar-refractivity contribution is 5.24. The summed E-state index contributed by atoms with van der Waals surface area (Å²) in [6, 6.07) is 0. The first-order chi connectivity index (χ1) is 14.1. The predicted octanol–water partition coefficient (Wildman–Crippen LogP) is 2.93. The molecule has 0 spiro atoms. The number of hydrogen-bond acceptors (Lipinski definition) is 7. The summed E-state index contributed by atoms with van der Waals surface area (Å²) in [6.07, 6.45) is 3.60. The van der Waals surface area contributed by atoms with Crippen LogP contribution in [-0.4, -0.2) is 58.2 Å². The maximum atomic E-state index is 5.97. The van der Waals surface area contributed by atoms with Crippen molar-refractivity contribution in [2.24, 2.45) is 0 Å². The van der Waals surface area contributed by atoms with Crippen molar-refractivity contribution >= 4 is 0 Å². The molecule has 0 unspecified atom stereocenters. The summed E-state index contributed by atoms with van der Waals surface area (Å²) in [5, 5.41) is 8.94. The molecule has 2 saturated heterocycles. The van der Waals surface area contributed by atoms with Crippen molar-refractivity contribution < 1.29 is 14.0 Å². The van der Waals surface area contributed by atoms with Gasteiger partial charge in [0.15, 0.2) is 5.82 Å². The summed E-state index contributed by atoms with van der Waals surface area (Å²) in [6.45, 7) is 11.6. The predicted molar refractivity (Wildman–Crippen MR) is 108 cm³/mol. The van der Waals surface area contributed by atoms with Gasteiger partial charge in [-0.05, 0) is 46.5 Å². The zero-order chi connectivity index (χ0) is 20.4. The number of piperidine rings is 1. The molecule has 0 bridgehead atoms. The first-order valence-corrected chi connectivity index (χ1v) is 10.8. The topological polar surface area (TPSA) is 78.4 Å². The van der Waals surface area contributed by atoms with Crippen LogP contribution >= 0.6 is 0 Å². The summed E-state index contributed by atoms with van der Waals surface area (Å²) in [5.41, 5.74) is 3.26. The Bertz CT molecular complexity index is 816.